The lowest BCUT2D eigenvalue weighted by molar-refractivity contribution is -0.142. The Bertz CT molecular complexity index is 1020. The highest BCUT2D eigenvalue weighted by Gasteiger charge is 2.42. The monoisotopic (exact) mass is 445 g/mol. The maximum absolute atomic E-state index is 15.5. The van der Waals surface area contributed by atoms with Crippen LogP contribution in [-0.2, 0) is 12.8 Å². The maximum atomic E-state index is 15.5. The van der Waals surface area contributed by atoms with Gasteiger partial charge in [-0.3, -0.25) is 0 Å². The predicted molar refractivity (Wildman–Crippen MR) is 100.0 cm³/mol. The first kappa shape index (κ1) is 22.1. The fraction of sp³-hybridized carbons (Fsp3) is 0.190. The Morgan fingerprint density at radius 2 is 1.53 bits per heavy atom. The number of rotatable bonds is 5. The summed E-state index contributed by atoms with van der Waals surface area (Å²) in [6.07, 6.45) is -11.0. The number of hydrogen-bond acceptors (Lipinski definition) is 2. The summed E-state index contributed by atoms with van der Waals surface area (Å²) >= 11 is 5.77. The Balaban J connectivity index is 2.44. The van der Waals surface area contributed by atoms with Gasteiger partial charge in [0.1, 0.15) is 5.69 Å². The van der Waals surface area contributed by atoms with Gasteiger partial charge in [-0.25, -0.2) is 18.2 Å². The van der Waals surface area contributed by atoms with Crippen molar-refractivity contribution < 1.29 is 31.4 Å². The molecular weight excluding hydrogens is 432 g/mol. The highest BCUT2D eigenvalue weighted by Crippen LogP contribution is 2.45. The number of hydrogen-bond donors (Lipinski definition) is 1. The number of benzene rings is 2. The summed E-state index contributed by atoms with van der Waals surface area (Å²) in [6.45, 7) is -1.05. The second-order valence-corrected chi connectivity index (χ2v) is 6.79. The van der Waals surface area contributed by atoms with Crippen LogP contribution in [0.3, 0.4) is 0 Å². The van der Waals surface area contributed by atoms with E-state index in [1.165, 1.54) is 48.5 Å². The summed E-state index contributed by atoms with van der Waals surface area (Å²) < 4.78 is 84.0. The molecule has 158 valence electrons. The van der Waals surface area contributed by atoms with Crippen molar-refractivity contribution in [2.45, 2.75) is 25.4 Å². The lowest BCUT2D eigenvalue weighted by atomic mass is 9.88. The third-order valence-corrected chi connectivity index (χ3v) is 4.73. The Morgan fingerprint density at radius 1 is 0.933 bits per heavy atom. The van der Waals surface area contributed by atoms with Crippen molar-refractivity contribution in [2.75, 3.05) is 0 Å². The van der Waals surface area contributed by atoms with E-state index in [1.54, 1.807) is 6.07 Å². The first-order valence-corrected chi connectivity index (χ1v) is 9.00. The average molecular weight is 446 g/mol. The van der Waals surface area contributed by atoms with E-state index in [0.717, 1.165) is 0 Å². The molecule has 0 spiro atoms. The van der Waals surface area contributed by atoms with Gasteiger partial charge in [0.15, 0.2) is 11.9 Å². The minimum atomic E-state index is -5.22. The molecule has 1 atom stereocenters. The molecule has 2 nitrogen and oxygen atoms in total. The number of aliphatic hydroxyl groups is 1. The number of halogens is 7. The Hall–Kier alpha value is -2.58. The van der Waals surface area contributed by atoms with Crippen LogP contribution in [0.25, 0.3) is 11.1 Å². The molecule has 0 aliphatic carbocycles. The van der Waals surface area contributed by atoms with Crippen LogP contribution in [0, 0.1) is 0 Å². The first-order valence-electron chi connectivity index (χ1n) is 8.63. The fourth-order valence-corrected chi connectivity index (χ4v) is 3.32. The molecule has 9 heteroatoms. The van der Waals surface area contributed by atoms with E-state index in [2.05, 4.69) is 4.98 Å². The van der Waals surface area contributed by atoms with E-state index in [4.69, 9.17) is 11.6 Å². The highest BCUT2D eigenvalue weighted by molar-refractivity contribution is 6.30. The van der Waals surface area contributed by atoms with Crippen LogP contribution in [0.4, 0.5) is 26.3 Å². The zero-order chi connectivity index (χ0) is 22.1. The quantitative estimate of drug-likeness (QED) is 0.433. The van der Waals surface area contributed by atoms with Gasteiger partial charge in [0.05, 0.1) is 6.61 Å². The standard InChI is InChI=1S/C21H14ClF6NO/c22-13-8-6-12(7-9-13)17(23)16-15(11-4-2-1-3-5-11)14(10-30)18(20(24)25)29-19(16)21(26,27)28/h1-9,17,20,30H,10H2. The van der Waals surface area contributed by atoms with E-state index in [0.29, 0.717) is 0 Å². The molecule has 3 aromatic rings. The smallest absolute Gasteiger partial charge is 0.392 e. The molecule has 0 radical (unpaired) electrons. The molecule has 1 unspecified atom stereocenters. The van der Waals surface area contributed by atoms with Crippen LogP contribution >= 0.6 is 11.6 Å². The van der Waals surface area contributed by atoms with Crippen LogP contribution in [0.1, 0.15) is 40.7 Å². The van der Waals surface area contributed by atoms with Crippen molar-refractivity contribution in [1.29, 1.82) is 0 Å². The van der Waals surface area contributed by atoms with Crippen molar-refractivity contribution in [3.8, 4) is 11.1 Å². The molecule has 1 heterocycles. The predicted octanol–water partition coefficient (Wildman–Crippen LogP) is 6.91. The van der Waals surface area contributed by atoms with Gasteiger partial charge >= 0.3 is 6.18 Å². The second kappa shape index (κ2) is 8.65. The molecule has 0 aliphatic rings. The highest BCUT2D eigenvalue weighted by atomic mass is 35.5. The topological polar surface area (TPSA) is 33.1 Å². The Labute approximate surface area is 172 Å². The van der Waals surface area contributed by atoms with Gasteiger partial charge in [-0.2, -0.15) is 13.2 Å². The van der Waals surface area contributed by atoms with E-state index >= 15 is 4.39 Å². The van der Waals surface area contributed by atoms with E-state index in [9.17, 15) is 27.1 Å². The van der Waals surface area contributed by atoms with E-state index in [-0.39, 0.29) is 16.1 Å². The number of pyridine rings is 1. The van der Waals surface area contributed by atoms with Crippen molar-refractivity contribution in [3.05, 3.63) is 87.7 Å². The molecule has 1 aromatic heterocycles. The van der Waals surface area contributed by atoms with Gasteiger partial charge in [-0.1, -0.05) is 54.1 Å². The summed E-state index contributed by atoms with van der Waals surface area (Å²) in [7, 11) is 0. The molecule has 2 aromatic carbocycles. The van der Waals surface area contributed by atoms with Crippen LogP contribution in [-0.4, -0.2) is 10.1 Å². The van der Waals surface area contributed by atoms with Crippen molar-refractivity contribution in [1.82, 2.24) is 4.98 Å². The number of aliphatic hydroxyl groups excluding tert-OH is 1. The normalized spacial score (nSPS) is 13.0. The van der Waals surface area contributed by atoms with Crippen LogP contribution in [0.2, 0.25) is 5.02 Å². The molecule has 0 saturated heterocycles. The summed E-state index contributed by atoms with van der Waals surface area (Å²) in [5.74, 6) is 0. The van der Waals surface area contributed by atoms with Crippen LogP contribution in [0.5, 0.6) is 0 Å². The zero-order valence-corrected chi connectivity index (χ0v) is 15.9. The van der Waals surface area contributed by atoms with E-state index in [1.807, 2.05) is 0 Å². The van der Waals surface area contributed by atoms with Crippen molar-refractivity contribution >= 4 is 11.6 Å². The van der Waals surface area contributed by atoms with Gasteiger partial charge in [0.25, 0.3) is 6.43 Å². The van der Waals surface area contributed by atoms with Crippen LogP contribution in [0.15, 0.2) is 54.6 Å². The minimum absolute atomic E-state index is 0.0444. The summed E-state index contributed by atoms with van der Waals surface area (Å²) in [5, 5.41) is 9.96. The van der Waals surface area contributed by atoms with Gasteiger partial charge in [-0.15, -0.1) is 0 Å². The maximum Gasteiger partial charge on any atom is 0.433 e. The molecule has 1 N–H and O–H groups in total. The molecular formula is C21H14ClF6NO. The molecule has 0 fully saturated rings. The Kier molecular flexibility index (Phi) is 6.38. The average Bonchev–Trinajstić information content (AvgIpc) is 2.72. The molecule has 3 rings (SSSR count). The van der Waals surface area contributed by atoms with Gasteiger partial charge in [0, 0.05) is 16.1 Å². The van der Waals surface area contributed by atoms with Crippen LogP contribution < -0.4 is 0 Å². The van der Waals surface area contributed by atoms with Gasteiger partial charge in [-0.05, 0) is 28.8 Å². The number of alkyl halides is 6. The molecule has 0 bridgehead atoms. The molecule has 0 amide bonds. The minimum Gasteiger partial charge on any atom is -0.392 e. The third kappa shape index (κ3) is 4.29. The molecule has 0 saturated carbocycles. The first-order chi connectivity index (χ1) is 14.1. The SMILES string of the molecule is OCc1c(C(F)F)nc(C(F)(F)F)c(C(F)c2ccc(Cl)cc2)c1-c1ccccc1. The second-order valence-electron chi connectivity index (χ2n) is 6.35. The third-order valence-electron chi connectivity index (χ3n) is 4.48. The number of nitrogens with zero attached hydrogens (tertiary/aromatic N) is 1. The van der Waals surface area contributed by atoms with Gasteiger partial charge in [0.2, 0.25) is 0 Å². The van der Waals surface area contributed by atoms with Crippen molar-refractivity contribution in [3.63, 3.8) is 0 Å². The summed E-state index contributed by atoms with van der Waals surface area (Å²) in [4.78, 5) is 3.06. The van der Waals surface area contributed by atoms with Crippen molar-refractivity contribution in [2.24, 2.45) is 0 Å². The molecule has 0 aliphatic heterocycles. The Morgan fingerprint density at radius 3 is 2.03 bits per heavy atom. The number of aromatic nitrogens is 1. The summed E-state index contributed by atoms with van der Waals surface area (Å²) in [6, 6.07) is 12.2. The largest absolute Gasteiger partial charge is 0.433 e. The lowest BCUT2D eigenvalue weighted by Gasteiger charge is -2.24. The molecule has 30 heavy (non-hydrogen) atoms. The van der Waals surface area contributed by atoms with Gasteiger partial charge < -0.3 is 5.11 Å². The summed E-state index contributed by atoms with van der Waals surface area (Å²) in [5.41, 5.74) is -5.09. The lowest BCUT2D eigenvalue weighted by Crippen LogP contribution is -2.19. The van der Waals surface area contributed by atoms with E-state index < -0.39 is 53.5 Å². The zero-order valence-electron chi connectivity index (χ0n) is 15.1. The fourth-order valence-electron chi connectivity index (χ4n) is 3.19.